The summed E-state index contributed by atoms with van der Waals surface area (Å²) in [5.41, 5.74) is 7.60. The second kappa shape index (κ2) is 12.9. The number of primary amides is 1. The minimum Gasteiger partial charge on any atom is -0.444 e. The highest BCUT2D eigenvalue weighted by Gasteiger charge is 2.36. The maximum Gasteiger partial charge on any atom is 0.408 e. The molecule has 2 aromatic rings. The van der Waals surface area contributed by atoms with E-state index >= 15 is 0 Å². The predicted molar refractivity (Wildman–Crippen MR) is 143 cm³/mol. The SMILES string of the molecule is CCCN(C(=O)C(CC(N)=O)NC(=O)OC(C)(C)C)C(C(=O)Nc1ccccc1C)c1cccc(C)c1. The van der Waals surface area contributed by atoms with E-state index in [9.17, 15) is 19.2 Å². The molecule has 0 radical (unpaired) electrons. The van der Waals surface area contributed by atoms with Crippen molar-refractivity contribution < 1.29 is 23.9 Å². The average Bonchev–Trinajstić information content (AvgIpc) is 2.78. The zero-order valence-corrected chi connectivity index (χ0v) is 22.5. The van der Waals surface area contributed by atoms with Crippen molar-refractivity contribution in [2.75, 3.05) is 11.9 Å². The second-order valence-electron chi connectivity index (χ2n) is 10.0. The van der Waals surface area contributed by atoms with Crippen molar-refractivity contribution >= 4 is 29.5 Å². The summed E-state index contributed by atoms with van der Waals surface area (Å²) in [6, 6.07) is 12.3. The van der Waals surface area contributed by atoms with Crippen LogP contribution < -0.4 is 16.4 Å². The molecule has 0 spiro atoms. The van der Waals surface area contributed by atoms with Crippen molar-refractivity contribution in [3.05, 3.63) is 65.2 Å². The molecule has 0 aliphatic carbocycles. The molecule has 0 aliphatic rings. The van der Waals surface area contributed by atoms with Gasteiger partial charge in [-0.3, -0.25) is 14.4 Å². The van der Waals surface area contributed by atoms with Crippen LogP contribution in [0.25, 0.3) is 0 Å². The zero-order chi connectivity index (χ0) is 27.8. The minimum atomic E-state index is -1.31. The monoisotopic (exact) mass is 510 g/mol. The Morgan fingerprint density at radius 1 is 1.03 bits per heavy atom. The third-order valence-electron chi connectivity index (χ3n) is 5.46. The van der Waals surface area contributed by atoms with Crippen LogP contribution in [0.5, 0.6) is 0 Å². The number of nitrogens with one attached hydrogen (secondary N) is 2. The minimum absolute atomic E-state index is 0.198. The van der Waals surface area contributed by atoms with E-state index in [2.05, 4.69) is 10.6 Å². The van der Waals surface area contributed by atoms with Crippen LogP contribution >= 0.6 is 0 Å². The van der Waals surface area contributed by atoms with Gasteiger partial charge < -0.3 is 26.0 Å². The van der Waals surface area contributed by atoms with Gasteiger partial charge in [0.25, 0.3) is 5.91 Å². The largest absolute Gasteiger partial charge is 0.444 e. The maximum absolute atomic E-state index is 13.9. The summed E-state index contributed by atoms with van der Waals surface area (Å²) in [4.78, 5) is 53.3. The van der Waals surface area contributed by atoms with Crippen molar-refractivity contribution in [3.63, 3.8) is 0 Å². The number of benzene rings is 2. The Bertz CT molecular complexity index is 1130. The summed E-state index contributed by atoms with van der Waals surface area (Å²) in [6.07, 6.45) is -0.778. The Hall–Kier alpha value is -3.88. The molecule has 0 saturated heterocycles. The number of hydrogen-bond donors (Lipinski definition) is 3. The number of carbonyl (C=O) groups is 4. The molecule has 0 fully saturated rings. The van der Waals surface area contributed by atoms with E-state index in [0.29, 0.717) is 17.7 Å². The van der Waals surface area contributed by atoms with Crippen LogP contribution in [0.15, 0.2) is 48.5 Å². The zero-order valence-electron chi connectivity index (χ0n) is 22.5. The Balaban J connectivity index is 2.51. The molecule has 9 nitrogen and oxygen atoms in total. The number of aryl methyl sites for hydroxylation is 2. The van der Waals surface area contributed by atoms with Crippen LogP contribution in [-0.4, -0.2) is 46.9 Å². The molecule has 0 aromatic heterocycles. The summed E-state index contributed by atoms with van der Waals surface area (Å²) in [7, 11) is 0. The number of amides is 4. The molecule has 2 aromatic carbocycles. The summed E-state index contributed by atoms with van der Waals surface area (Å²) in [5, 5.41) is 5.41. The van der Waals surface area contributed by atoms with Crippen molar-refractivity contribution in [1.29, 1.82) is 0 Å². The number of hydrogen-bond acceptors (Lipinski definition) is 5. The molecule has 37 heavy (non-hydrogen) atoms. The van der Waals surface area contributed by atoms with E-state index in [1.807, 2.05) is 57.2 Å². The number of rotatable bonds is 10. The van der Waals surface area contributed by atoms with E-state index in [1.54, 1.807) is 32.9 Å². The second-order valence-corrected chi connectivity index (χ2v) is 10.0. The van der Waals surface area contributed by atoms with Crippen molar-refractivity contribution in [3.8, 4) is 0 Å². The lowest BCUT2D eigenvalue weighted by Crippen LogP contribution is -2.53. The van der Waals surface area contributed by atoms with Gasteiger partial charge in [-0.25, -0.2) is 4.79 Å². The van der Waals surface area contributed by atoms with Crippen LogP contribution in [-0.2, 0) is 19.1 Å². The predicted octanol–water partition coefficient (Wildman–Crippen LogP) is 3.99. The van der Waals surface area contributed by atoms with Gasteiger partial charge in [0.05, 0.1) is 6.42 Å². The molecular formula is C28H38N4O5. The lowest BCUT2D eigenvalue weighted by molar-refractivity contribution is -0.141. The first-order valence-electron chi connectivity index (χ1n) is 12.3. The highest BCUT2D eigenvalue weighted by Crippen LogP contribution is 2.26. The van der Waals surface area contributed by atoms with Gasteiger partial charge in [-0.2, -0.15) is 0 Å². The number of alkyl carbamates (subject to hydrolysis) is 1. The molecule has 2 rings (SSSR count). The Kier molecular flexibility index (Phi) is 10.2. The van der Waals surface area contributed by atoms with Gasteiger partial charge in [-0.05, 0) is 58.2 Å². The highest BCUT2D eigenvalue weighted by molar-refractivity contribution is 6.00. The van der Waals surface area contributed by atoms with Crippen LogP contribution in [0.1, 0.15) is 63.3 Å². The van der Waals surface area contributed by atoms with Gasteiger partial charge >= 0.3 is 6.09 Å². The highest BCUT2D eigenvalue weighted by atomic mass is 16.6. The number of ether oxygens (including phenoxy) is 1. The first-order chi connectivity index (χ1) is 17.3. The Labute approximate surface area is 218 Å². The molecule has 0 heterocycles. The van der Waals surface area contributed by atoms with Gasteiger partial charge in [-0.15, -0.1) is 0 Å². The van der Waals surface area contributed by atoms with Gasteiger partial charge in [0, 0.05) is 12.2 Å². The first kappa shape index (κ1) is 29.4. The first-order valence-corrected chi connectivity index (χ1v) is 12.3. The fraction of sp³-hybridized carbons (Fsp3) is 0.429. The Morgan fingerprint density at radius 2 is 1.70 bits per heavy atom. The molecule has 4 amide bonds. The standard InChI is InChI=1S/C28H38N4O5/c1-7-15-32(26(35)22(17-23(29)33)31-27(36)37-28(4,5)6)24(20-13-10-11-18(2)16-20)25(34)30-21-14-9-8-12-19(21)3/h8-14,16,22,24H,7,15,17H2,1-6H3,(H2,29,33)(H,30,34)(H,31,36). The summed E-state index contributed by atoms with van der Waals surface area (Å²) in [5.74, 6) is -1.81. The van der Waals surface area contributed by atoms with Crippen LogP contribution in [0, 0.1) is 13.8 Å². The quantitative estimate of drug-likeness (QED) is 0.445. The van der Waals surface area contributed by atoms with Gasteiger partial charge in [0.15, 0.2) is 0 Å². The summed E-state index contributed by atoms with van der Waals surface area (Å²) in [6.45, 7) is 10.9. The van der Waals surface area contributed by atoms with Crippen LogP contribution in [0.2, 0.25) is 0 Å². The number of para-hydroxylation sites is 1. The molecule has 2 atom stereocenters. The molecule has 0 bridgehead atoms. The average molecular weight is 511 g/mol. The van der Waals surface area contributed by atoms with Crippen molar-refractivity contribution in [2.24, 2.45) is 5.73 Å². The summed E-state index contributed by atoms with van der Waals surface area (Å²) < 4.78 is 5.29. The normalized spacial score (nSPS) is 12.7. The van der Waals surface area contributed by atoms with Gasteiger partial charge in [0.1, 0.15) is 17.7 Å². The van der Waals surface area contributed by atoms with E-state index < -0.39 is 47.9 Å². The molecule has 200 valence electrons. The fourth-order valence-electron chi connectivity index (χ4n) is 3.89. The smallest absolute Gasteiger partial charge is 0.408 e. The number of carbonyl (C=O) groups excluding carboxylic acids is 4. The van der Waals surface area contributed by atoms with Gasteiger partial charge in [-0.1, -0.05) is 55.0 Å². The van der Waals surface area contributed by atoms with Crippen molar-refractivity contribution in [2.45, 2.75) is 72.1 Å². The van der Waals surface area contributed by atoms with Gasteiger partial charge in [0.2, 0.25) is 11.8 Å². The van der Waals surface area contributed by atoms with Crippen molar-refractivity contribution in [1.82, 2.24) is 10.2 Å². The van der Waals surface area contributed by atoms with E-state index in [4.69, 9.17) is 10.5 Å². The molecule has 9 heteroatoms. The molecule has 4 N–H and O–H groups in total. The fourth-order valence-corrected chi connectivity index (χ4v) is 3.89. The van der Waals surface area contributed by atoms with E-state index in [1.165, 1.54) is 4.90 Å². The topological polar surface area (TPSA) is 131 Å². The van der Waals surface area contributed by atoms with E-state index in [-0.39, 0.29) is 6.54 Å². The molecule has 0 saturated carbocycles. The number of nitrogens with two attached hydrogens (primary N) is 1. The molecular weight excluding hydrogens is 472 g/mol. The lowest BCUT2D eigenvalue weighted by atomic mass is 9.99. The molecule has 0 aliphatic heterocycles. The number of nitrogens with zero attached hydrogens (tertiary/aromatic N) is 1. The Morgan fingerprint density at radius 3 is 2.27 bits per heavy atom. The summed E-state index contributed by atoms with van der Waals surface area (Å²) >= 11 is 0. The third-order valence-corrected chi connectivity index (χ3v) is 5.46. The molecule has 2 unspecified atom stereocenters. The van der Waals surface area contributed by atoms with Crippen LogP contribution in [0.4, 0.5) is 10.5 Å². The van der Waals surface area contributed by atoms with E-state index in [0.717, 1.165) is 11.1 Å². The lowest BCUT2D eigenvalue weighted by Gasteiger charge is -2.34. The number of anilines is 1. The maximum atomic E-state index is 13.9. The third kappa shape index (κ3) is 8.93. The van der Waals surface area contributed by atoms with Crippen LogP contribution in [0.3, 0.4) is 0 Å².